The van der Waals surface area contributed by atoms with Gasteiger partial charge in [0.25, 0.3) is 0 Å². The van der Waals surface area contributed by atoms with E-state index in [-0.39, 0.29) is 6.04 Å². The highest BCUT2D eigenvalue weighted by atomic mass is 16.5. The van der Waals surface area contributed by atoms with Gasteiger partial charge in [0.2, 0.25) is 0 Å². The highest BCUT2D eigenvalue weighted by Gasteiger charge is 2.30. The zero-order chi connectivity index (χ0) is 18.5. The molecule has 0 amide bonds. The second-order valence-electron chi connectivity index (χ2n) is 6.20. The summed E-state index contributed by atoms with van der Waals surface area (Å²) in [5.41, 5.74) is 3.66. The van der Waals surface area contributed by atoms with Crippen LogP contribution in [0.4, 0.5) is 0 Å². The minimum absolute atomic E-state index is 0.138. The molecule has 0 saturated heterocycles. The molecular weight excluding hydrogens is 330 g/mol. The molecule has 140 valence electrons. The summed E-state index contributed by atoms with van der Waals surface area (Å²) in [6.07, 6.45) is 1.00. The standard InChI is InChI=1S/C21H27NO4/c1-5-25-18-12-14-10-11-22-20(16(14)13-19(18)26-6-2)15-8-7-9-17(23-3)21(15)24-4/h7-9,12-13,20,22H,5-6,10-11H2,1-4H3/p+1/t20-/m0/s1. The largest absolute Gasteiger partial charge is 0.493 e. The van der Waals surface area contributed by atoms with Crippen molar-refractivity contribution in [2.45, 2.75) is 26.3 Å². The first-order valence-electron chi connectivity index (χ1n) is 9.20. The number of ether oxygens (including phenoxy) is 4. The van der Waals surface area contributed by atoms with Crippen molar-refractivity contribution in [2.24, 2.45) is 0 Å². The molecule has 26 heavy (non-hydrogen) atoms. The molecule has 0 unspecified atom stereocenters. The van der Waals surface area contributed by atoms with Gasteiger partial charge in [0, 0.05) is 12.0 Å². The van der Waals surface area contributed by atoms with Crippen LogP contribution >= 0.6 is 0 Å². The molecule has 1 aliphatic heterocycles. The summed E-state index contributed by atoms with van der Waals surface area (Å²) >= 11 is 0. The lowest BCUT2D eigenvalue weighted by Crippen LogP contribution is -2.87. The van der Waals surface area contributed by atoms with Gasteiger partial charge in [-0.1, -0.05) is 6.07 Å². The van der Waals surface area contributed by atoms with Crippen LogP contribution in [0.25, 0.3) is 0 Å². The fraction of sp³-hybridized carbons (Fsp3) is 0.429. The van der Waals surface area contributed by atoms with E-state index in [0.717, 1.165) is 41.5 Å². The highest BCUT2D eigenvalue weighted by Crippen LogP contribution is 2.40. The molecule has 0 spiro atoms. The summed E-state index contributed by atoms with van der Waals surface area (Å²) in [5, 5.41) is 2.34. The van der Waals surface area contributed by atoms with Gasteiger partial charge in [-0.2, -0.15) is 0 Å². The molecule has 0 saturated carbocycles. The Bertz CT molecular complexity index is 760. The molecule has 0 aromatic heterocycles. The number of rotatable bonds is 7. The molecule has 0 fully saturated rings. The van der Waals surface area contributed by atoms with Crippen LogP contribution in [0.2, 0.25) is 0 Å². The van der Waals surface area contributed by atoms with Crippen LogP contribution in [0.15, 0.2) is 30.3 Å². The summed E-state index contributed by atoms with van der Waals surface area (Å²) in [4.78, 5) is 0. The van der Waals surface area contributed by atoms with Crippen molar-refractivity contribution in [1.82, 2.24) is 0 Å². The first-order valence-corrected chi connectivity index (χ1v) is 9.20. The number of fused-ring (bicyclic) bond motifs is 1. The van der Waals surface area contributed by atoms with E-state index in [1.54, 1.807) is 14.2 Å². The van der Waals surface area contributed by atoms with Crippen molar-refractivity contribution >= 4 is 0 Å². The van der Waals surface area contributed by atoms with Gasteiger partial charge in [0.15, 0.2) is 23.0 Å². The molecule has 0 aliphatic carbocycles. The van der Waals surface area contributed by atoms with E-state index < -0.39 is 0 Å². The van der Waals surface area contributed by atoms with Crippen LogP contribution in [0.5, 0.6) is 23.0 Å². The second-order valence-corrected chi connectivity index (χ2v) is 6.20. The van der Waals surface area contributed by atoms with Crippen molar-refractivity contribution < 1.29 is 24.3 Å². The lowest BCUT2D eigenvalue weighted by Gasteiger charge is -2.27. The van der Waals surface area contributed by atoms with Gasteiger partial charge in [0.1, 0.15) is 6.04 Å². The van der Waals surface area contributed by atoms with Gasteiger partial charge in [-0.3, -0.25) is 0 Å². The molecule has 1 heterocycles. The molecule has 2 N–H and O–H groups in total. The molecule has 3 rings (SSSR count). The molecule has 0 bridgehead atoms. The Balaban J connectivity index is 2.10. The molecule has 2 aromatic carbocycles. The van der Waals surface area contributed by atoms with Crippen LogP contribution in [0, 0.1) is 0 Å². The third-order valence-electron chi connectivity index (χ3n) is 4.72. The average Bonchev–Trinajstić information content (AvgIpc) is 2.67. The topological polar surface area (TPSA) is 53.5 Å². The van der Waals surface area contributed by atoms with E-state index in [0.29, 0.717) is 13.2 Å². The van der Waals surface area contributed by atoms with Gasteiger partial charge in [0.05, 0.1) is 39.5 Å². The second kappa shape index (κ2) is 8.32. The van der Waals surface area contributed by atoms with Crippen LogP contribution in [-0.4, -0.2) is 34.0 Å². The van der Waals surface area contributed by atoms with E-state index in [9.17, 15) is 0 Å². The summed E-state index contributed by atoms with van der Waals surface area (Å²) in [7, 11) is 3.36. The Hall–Kier alpha value is -2.40. The molecule has 1 aliphatic rings. The average molecular weight is 358 g/mol. The first kappa shape index (κ1) is 18.4. The van der Waals surface area contributed by atoms with E-state index >= 15 is 0 Å². The third-order valence-corrected chi connectivity index (χ3v) is 4.72. The zero-order valence-corrected chi connectivity index (χ0v) is 16.0. The number of para-hydroxylation sites is 1. The van der Waals surface area contributed by atoms with Crippen LogP contribution in [0.3, 0.4) is 0 Å². The number of hydrogen-bond donors (Lipinski definition) is 1. The zero-order valence-electron chi connectivity index (χ0n) is 16.0. The smallest absolute Gasteiger partial charge is 0.170 e. The normalized spacial score (nSPS) is 15.9. The molecule has 0 radical (unpaired) electrons. The Morgan fingerprint density at radius 3 is 2.31 bits per heavy atom. The highest BCUT2D eigenvalue weighted by molar-refractivity contribution is 5.54. The number of methoxy groups -OCH3 is 2. The number of benzene rings is 2. The summed E-state index contributed by atoms with van der Waals surface area (Å²) in [6, 6.07) is 10.4. The number of hydrogen-bond acceptors (Lipinski definition) is 4. The predicted octanol–water partition coefficient (Wildman–Crippen LogP) is 2.71. The fourth-order valence-electron chi connectivity index (χ4n) is 3.64. The van der Waals surface area contributed by atoms with Crippen molar-refractivity contribution in [1.29, 1.82) is 0 Å². The van der Waals surface area contributed by atoms with E-state index in [1.165, 1.54) is 11.1 Å². The number of nitrogens with two attached hydrogens (primary N) is 1. The minimum atomic E-state index is 0.138. The number of quaternary nitrogens is 1. The monoisotopic (exact) mass is 358 g/mol. The Labute approximate surface area is 155 Å². The maximum absolute atomic E-state index is 5.85. The summed E-state index contributed by atoms with van der Waals surface area (Å²) in [5.74, 6) is 3.17. The quantitative estimate of drug-likeness (QED) is 0.827. The van der Waals surface area contributed by atoms with Crippen LogP contribution in [-0.2, 0) is 6.42 Å². The van der Waals surface area contributed by atoms with Crippen molar-refractivity contribution in [3.05, 3.63) is 47.0 Å². The van der Waals surface area contributed by atoms with Crippen molar-refractivity contribution in [2.75, 3.05) is 34.0 Å². The molecule has 5 nitrogen and oxygen atoms in total. The molecule has 2 aromatic rings. The van der Waals surface area contributed by atoms with Gasteiger partial charge in [-0.25, -0.2) is 0 Å². The minimum Gasteiger partial charge on any atom is -0.493 e. The third kappa shape index (κ3) is 3.44. The maximum Gasteiger partial charge on any atom is 0.170 e. The molecular formula is C21H28NO4+. The summed E-state index contributed by atoms with van der Waals surface area (Å²) < 4.78 is 22.8. The Kier molecular flexibility index (Phi) is 5.89. The van der Waals surface area contributed by atoms with Gasteiger partial charge in [-0.15, -0.1) is 0 Å². The van der Waals surface area contributed by atoms with E-state index in [1.807, 2.05) is 26.0 Å². The lowest BCUT2D eigenvalue weighted by molar-refractivity contribution is -0.690. The lowest BCUT2D eigenvalue weighted by atomic mass is 9.88. The van der Waals surface area contributed by atoms with E-state index in [2.05, 4.69) is 23.5 Å². The maximum atomic E-state index is 5.85. The van der Waals surface area contributed by atoms with Gasteiger partial charge in [-0.05, 0) is 43.7 Å². The van der Waals surface area contributed by atoms with Gasteiger partial charge >= 0.3 is 0 Å². The van der Waals surface area contributed by atoms with Crippen LogP contribution < -0.4 is 24.3 Å². The fourth-order valence-corrected chi connectivity index (χ4v) is 3.64. The molecule has 5 heteroatoms. The Morgan fingerprint density at radius 1 is 0.923 bits per heavy atom. The van der Waals surface area contributed by atoms with Crippen molar-refractivity contribution in [3.63, 3.8) is 0 Å². The SMILES string of the molecule is CCOc1cc2c(cc1OCC)[C@H](c1cccc(OC)c1OC)[NH2+]CC2. The van der Waals surface area contributed by atoms with Crippen molar-refractivity contribution in [3.8, 4) is 23.0 Å². The molecule has 1 atom stereocenters. The summed E-state index contributed by atoms with van der Waals surface area (Å²) in [6.45, 7) is 6.22. The predicted molar refractivity (Wildman–Crippen MR) is 101 cm³/mol. The van der Waals surface area contributed by atoms with E-state index in [4.69, 9.17) is 18.9 Å². The van der Waals surface area contributed by atoms with Crippen LogP contribution in [0.1, 0.15) is 36.6 Å². The first-order chi connectivity index (χ1) is 12.7. The Morgan fingerprint density at radius 2 is 1.65 bits per heavy atom. The van der Waals surface area contributed by atoms with Gasteiger partial charge < -0.3 is 24.3 Å².